The van der Waals surface area contributed by atoms with E-state index in [9.17, 15) is 9.59 Å². The molecule has 0 aromatic carbocycles. The van der Waals surface area contributed by atoms with Gasteiger partial charge < -0.3 is 10.6 Å². The van der Waals surface area contributed by atoms with Crippen LogP contribution in [0, 0.1) is 0 Å². The number of nitrogens with zero attached hydrogens (tertiary/aromatic N) is 2. The highest BCUT2D eigenvalue weighted by atomic mass is 35.5. The molecule has 1 atom stereocenters. The number of aromatic nitrogens is 2. The van der Waals surface area contributed by atoms with E-state index in [2.05, 4.69) is 15.7 Å². The van der Waals surface area contributed by atoms with Gasteiger partial charge in [0.15, 0.2) is 0 Å². The molecular formula is C9H13ClN4O2. The van der Waals surface area contributed by atoms with Gasteiger partial charge >= 0.3 is 0 Å². The normalized spacial score (nSPS) is 11.9. The summed E-state index contributed by atoms with van der Waals surface area (Å²) >= 11 is 5.59. The topological polar surface area (TPSA) is 76.0 Å². The fourth-order valence-corrected chi connectivity index (χ4v) is 1.04. The van der Waals surface area contributed by atoms with Crippen LogP contribution in [0.2, 0.25) is 0 Å². The van der Waals surface area contributed by atoms with E-state index in [0.29, 0.717) is 5.69 Å². The first-order valence-corrected chi connectivity index (χ1v) is 5.14. The third kappa shape index (κ3) is 3.54. The zero-order chi connectivity index (χ0) is 12.1. The van der Waals surface area contributed by atoms with Crippen molar-refractivity contribution in [1.29, 1.82) is 0 Å². The molecule has 0 radical (unpaired) electrons. The number of likely N-dealkylation sites (N-methyl/N-ethyl adjacent to an activating group) is 1. The first-order valence-electron chi connectivity index (χ1n) is 4.71. The molecule has 7 heteroatoms. The second-order valence-electron chi connectivity index (χ2n) is 3.21. The summed E-state index contributed by atoms with van der Waals surface area (Å²) in [7, 11) is 1.55. The lowest BCUT2D eigenvalue weighted by atomic mass is 10.4. The quantitative estimate of drug-likeness (QED) is 0.743. The predicted octanol–water partition coefficient (Wildman–Crippen LogP) is 0.195. The van der Waals surface area contributed by atoms with Crippen molar-refractivity contribution in [2.24, 2.45) is 0 Å². The Morgan fingerprint density at radius 1 is 1.62 bits per heavy atom. The molecule has 0 aliphatic rings. The number of halogens is 1. The molecule has 6 nitrogen and oxygen atoms in total. The molecule has 2 amide bonds. The average molecular weight is 245 g/mol. The van der Waals surface area contributed by atoms with Crippen molar-refractivity contribution in [2.45, 2.75) is 18.8 Å². The summed E-state index contributed by atoms with van der Waals surface area (Å²) in [5, 5.41) is 8.35. The molecule has 0 spiro atoms. The molecule has 88 valence electrons. The lowest BCUT2D eigenvalue weighted by Crippen LogP contribution is -2.23. The summed E-state index contributed by atoms with van der Waals surface area (Å²) in [6.45, 7) is 1.69. The smallest absolute Gasteiger partial charge is 0.242 e. The van der Waals surface area contributed by atoms with Crippen LogP contribution in [-0.4, -0.2) is 34.0 Å². The summed E-state index contributed by atoms with van der Waals surface area (Å²) in [6.07, 6.45) is 3.02. The zero-order valence-electron chi connectivity index (χ0n) is 9.03. The van der Waals surface area contributed by atoms with Crippen molar-refractivity contribution in [3.05, 3.63) is 12.4 Å². The summed E-state index contributed by atoms with van der Waals surface area (Å²) in [5.74, 6) is -0.465. The first kappa shape index (κ1) is 12.5. The number of rotatable bonds is 4. The molecule has 0 saturated heterocycles. The molecule has 1 unspecified atom stereocenters. The van der Waals surface area contributed by atoms with Crippen molar-refractivity contribution >= 4 is 29.1 Å². The Balaban J connectivity index is 2.58. The van der Waals surface area contributed by atoms with Crippen LogP contribution in [0.25, 0.3) is 0 Å². The summed E-state index contributed by atoms with van der Waals surface area (Å²) in [4.78, 5) is 22.3. The van der Waals surface area contributed by atoms with Crippen molar-refractivity contribution in [2.75, 3.05) is 12.4 Å². The van der Waals surface area contributed by atoms with Crippen LogP contribution < -0.4 is 10.6 Å². The molecule has 0 bridgehead atoms. The Morgan fingerprint density at radius 3 is 2.88 bits per heavy atom. The summed E-state index contributed by atoms with van der Waals surface area (Å²) < 4.78 is 1.42. The first-order chi connectivity index (χ1) is 7.52. The monoisotopic (exact) mass is 244 g/mol. The van der Waals surface area contributed by atoms with E-state index in [-0.39, 0.29) is 18.4 Å². The molecule has 0 aliphatic carbocycles. The van der Waals surface area contributed by atoms with Crippen molar-refractivity contribution in [1.82, 2.24) is 15.1 Å². The van der Waals surface area contributed by atoms with E-state index in [1.807, 2.05) is 0 Å². The highest BCUT2D eigenvalue weighted by molar-refractivity contribution is 6.32. The fraction of sp³-hybridized carbons (Fsp3) is 0.444. The highest BCUT2D eigenvalue weighted by Crippen LogP contribution is 2.06. The molecule has 1 heterocycles. The standard InChI is InChI=1S/C9H13ClN4O2/c1-6(10)9(16)13-7-3-12-14(4-7)5-8(15)11-2/h3-4,6H,5H2,1-2H3,(H,11,15)(H,13,16). The van der Waals surface area contributed by atoms with Gasteiger partial charge in [-0.2, -0.15) is 5.10 Å². The Labute approximate surface area is 98.0 Å². The highest BCUT2D eigenvalue weighted by Gasteiger charge is 2.10. The number of anilines is 1. The number of hydrogen-bond acceptors (Lipinski definition) is 3. The van der Waals surface area contributed by atoms with Crippen molar-refractivity contribution in [3.63, 3.8) is 0 Å². The van der Waals surface area contributed by atoms with Gasteiger partial charge in [-0.15, -0.1) is 11.6 Å². The van der Waals surface area contributed by atoms with E-state index >= 15 is 0 Å². The number of alkyl halides is 1. The number of carbonyl (C=O) groups excluding carboxylic acids is 2. The minimum absolute atomic E-state index is 0.114. The Morgan fingerprint density at radius 2 is 2.31 bits per heavy atom. The molecule has 1 aromatic rings. The van der Waals surface area contributed by atoms with E-state index in [0.717, 1.165) is 0 Å². The van der Waals surface area contributed by atoms with Gasteiger partial charge in [0.2, 0.25) is 11.8 Å². The molecule has 0 fully saturated rings. The largest absolute Gasteiger partial charge is 0.358 e. The summed E-state index contributed by atoms with van der Waals surface area (Å²) in [5.41, 5.74) is 0.515. The van der Waals surface area contributed by atoms with Gasteiger partial charge in [0.05, 0.1) is 11.9 Å². The molecule has 16 heavy (non-hydrogen) atoms. The molecule has 1 aromatic heterocycles. The Kier molecular flexibility index (Phi) is 4.30. The van der Waals surface area contributed by atoms with Gasteiger partial charge in [0, 0.05) is 13.2 Å². The molecule has 0 saturated carbocycles. The van der Waals surface area contributed by atoms with E-state index < -0.39 is 5.38 Å². The minimum atomic E-state index is -0.609. The van der Waals surface area contributed by atoms with Crippen LogP contribution in [0.4, 0.5) is 5.69 Å². The minimum Gasteiger partial charge on any atom is -0.358 e. The SMILES string of the molecule is CNC(=O)Cn1cc(NC(=O)C(C)Cl)cn1. The maximum Gasteiger partial charge on any atom is 0.242 e. The van der Waals surface area contributed by atoms with Crippen LogP contribution in [0.15, 0.2) is 12.4 Å². The number of amides is 2. The van der Waals surface area contributed by atoms with Gasteiger partial charge in [-0.25, -0.2) is 0 Å². The second-order valence-corrected chi connectivity index (χ2v) is 3.86. The van der Waals surface area contributed by atoms with Gasteiger partial charge in [0.25, 0.3) is 0 Å². The van der Waals surface area contributed by atoms with Crippen molar-refractivity contribution in [3.8, 4) is 0 Å². The summed E-state index contributed by atoms with van der Waals surface area (Å²) in [6, 6.07) is 0. The van der Waals surface area contributed by atoms with Crippen LogP contribution >= 0.6 is 11.6 Å². The lowest BCUT2D eigenvalue weighted by molar-refractivity contribution is -0.121. The molecule has 1 rings (SSSR count). The number of nitrogens with one attached hydrogen (secondary N) is 2. The molecular weight excluding hydrogens is 232 g/mol. The molecule has 0 aliphatic heterocycles. The van der Waals surface area contributed by atoms with E-state index in [4.69, 9.17) is 11.6 Å². The lowest BCUT2D eigenvalue weighted by Gasteiger charge is -2.02. The van der Waals surface area contributed by atoms with Gasteiger partial charge in [0.1, 0.15) is 11.9 Å². The van der Waals surface area contributed by atoms with Gasteiger partial charge in [-0.1, -0.05) is 0 Å². The van der Waals surface area contributed by atoms with E-state index in [1.54, 1.807) is 20.2 Å². The third-order valence-electron chi connectivity index (χ3n) is 1.85. The maximum absolute atomic E-state index is 11.2. The Bertz CT molecular complexity index is 389. The van der Waals surface area contributed by atoms with Crippen LogP contribution in [0.1, 0.15) is 6.92 Å². The predicted molar refractivity (Wildman–Crippen MR) is 60.2 cm³/mol. The zero-order valence-corrected chi connectivity index (χ0v) is 9.78. The molecule has 2 N–H and O–H groups in total. The van der Waals surface area contributed by atoms with Gasteiger partial charge in [-0.05, 0) is 6.92 Å². The van der Waals surface area contributed by atoms with Crippen LogP contribution in [-0.2, 0) is 16.1 Å². The van der Waals surface area contributed by atoms with Gasteiger partial charge in [-0.3, -0.25) is 14.3 Å². The number of carbonyl (C=O) groups is 2. The number of hydrogen-bond donors (Lipinski definition) is 2. The average Bonchev–Trinajstić information content (AvgIpc) is 2.65. The van der Waals surface area contributed by atoms with E-state index in [1.165, 1.54) is 10.9 Å². The fourth-order valence-electron chi connectivity index (χ4n) is 0.982. The van der Waals surface area contributed by atoms with Crippen LogP contribution in [0.5, 0.6) is 0 Å². The second kappa shape index (κ2) is 5.50. The Hall–Kier alpha value is -1.56. The van der Waals surface area contributed by atoms with Crippen LogP contribution in [0.3, 0.4) is 0 Å². The maximum atomic E-state index is 11.2. The third-order valence-corrected chi connectivity index (χ3v) is 2.04. The van der Waals surface area contributed by atoms with Crippen molar-refractivity contribution < 1.29 is 9.59 Å².